The zero-order valence-corrected chi connectivity index (χ0v) is 12.9. The highest BCUT2D eigenvalue weighted by Crippen LogP contribution is 2.36. The summed E-state index contributed by atoms with van der Waals surface area (Å²) in [5, 5.41) is 9.21. The Morgan fingerprint density at radius 2 is 2.19 bits per heavy atom. The standard InChI is InChI=1S/C14H13BrN4O2/c1-21-9-5-8(6-9)19-12-10-4-7(15)2-3-11(10)17-18-13(12)16-14(19)20/h2-4,8-9H,5-6H2,1H3,(H,16,18,20). The number of aromatic nitrogens is 4. The summed E-state index contributed by atoms with van der Waals surface area (Å²) in [5.41, 5.74) is 2.00. The average Bonchev–Trinajstić information content (AvgIpc) is 2.75. The second-order valence-corrected chi connectivity index (χ2v) is 6.26. The van der Waals surface area contributed by atoms with Gasteiger partial charge in [-0.25, -0.2) is 4.79 Å². The number of benzene rings is 1. The number of nitrogens with zero attached hydrogens (tertiary/aromatic N) is 3. The molecule has 0 radical (unpaired) electrons. The third-order valence-corrected chi connectivity index (χ3v) is 4.64. The van der Waals surface area contributed by atoms with Crippen LogP contribution in [-0.4, -0.2) is 33.0 Å². The monoisotopic (exact) mass is 348 g/mol. The molecule has 108 valence electrons. The number of aromatic amines is 1. The Morgan fingerprint density at radius 1 is 1.38 bits per heavy atom. The van der Waals surface area contributed by atoms with Gasteiger partial charge in [-0.3, -0.25) is 9.55 Å². The largest absolute Gasteiger partial charge is 0.381 e. The molecular weight excluding hydrogens is 336 g/mol. The number of fused-ring (bicyclic) bond motifs is 3. The molecule has 0 saturated heterocycles. The molecule has 1 N–H and O–H groups in total. The molecular formula is C14H13BrN4O2. The van der Waals surface area contributed by atoms with Crippen molar-refractivity contribution in [3.8, 4) is 0 Å². The van der Waals surface area contributed by atoms with Gasteiger partial charge in [-0.05, 0) is 31.0 Å². The van der Waals surface area contributed by atoms with E-state index >= 15 is 0 Å². The molecule has 2 aromatic heterocycles. The lowest BCUT2D eigenvalue weighted by Crippen LogP contribution is -2.36. The number of hydrogen-bond acceptors (Lipinski definition) is 4. The van der Waals surface area contributed by atoms with Crippen LogP contribution in [0.2, 0.25) is 0 Å². The molecule has 0 atom stereocenters. The molecule has 4 rings (SSSR count). The summed E-state index contributed by atoms with van der Waals surface area (Å²) >= 11 is 3.47. The molecule has 0 bridgehead atoms. The lowest BCUT2D eigenvalue weighted by atomic mass is 9.89. The summed E-state index contributed by atoms with van der Waals surface area (Å²) in [5.74, 6) is 0. The van der Waals surface area contributed by atoms with E-state index in [1.165, 1.54) is 0 Å². The summed E-state index contributed by atoms with van der Waals surface area (Å²) in [6, 6.07) is 5.94. The van der Waals surface area contributed by atoms with Crippen LogP contribution in [0.3, 0.4) is 0 Å². The number of H-pyrrole nitrogens is 1. The van der Waals surface area contributed by atoms with Gasteiger partial charge in [-0.1, -0.05) is 15.9 Å². The molecule has 0 spiro atoms. The van der Waals surface area contributed by atoms with Crippen molar-refractivity contribution in [2.45, 2.75) is 25.0 Å². The number of imidazole rings is 1. The van der Waals surface area contributed by atoms with E-state index in [4.69, 9.17) is 4.74 Å². The van der Waals surface area contributed by atoms with E-state index in [0.29, 0.717) is 5.65 Å². The first-order chi connectivity index (χ1) is 10.2. The first-order valence-electron chi connectivity index (χ1n) is 6.76. The molecule has 0 aliphatic heterocycles. The van der Waals surface area contributed by atoms with E-state index in [1.807, 2.05) is 18.2 Å². The van der Waals surface area contributed by atoms with E-state index in [2.05, 4.69) is 31.1 Å². The van der Waals surface area contributed by atoms with Gasteiger partial charge in [0.15, 0.2) is 5.65 Å². The fourth-order valence-corrected chi connectivity index (χ4v) is 3.31. The van der Waals surface area contributed by atoms with Crippen LogP contribution in [0, 0.1) is 0 Å². The van der Waals surface area contributed by atoms with E-state index < -0.39 is 0 Å². The zero-order chi connectivity index (χ0) is 14.6. The van der Waals surface area contributed by atoms with Crippen molar-refractivity contribution in [2.24, 2.45) is 0 Å². The Kier molecular flexibility index (Phi) is 2.87. The van der Waals surface area contributed by atoms with Gasteiger partial charge in [0.1, 0.15) is 5.52 Å². The zero-order valence-electron chi connectivity index (χ0n) is 11.3. The minimum absolute atomic E-state index is 0.133. The van der Waals surface area contributed by atoms with Gasteiger partial charge in [-0.2, -0.15) is 0 Å². The highest BCUT2D eigenvalue weighted by molar-refractivity contribution is 9.10. The van der Waals surface area contributed by atoms with Gasteiger partial charge in [-0.15, -0.1) is 10.2 Å². The van der Waals surface area contributed by atoms with Gasteiger partial charge in [0.05, 0.1) is 11.6 Å². The van der Waals surface area contributed by atoms with Crippen molar-refractivity contribution in [2.75, 3.05) is 7.11 Å². The molecule has 0 unspecified atom stereocenters. The predicted octanol–water partition coefficient (Wildman–Crippen LogP) is 2.39. The third kappa shape index (κ3) is 1.91. The van der Waals surface area contributed by atoms with Gasteiger partial charge in [0, 0.05) is 23.0 Å². The number of methoxy groups -OCH3 is 1. The smallest absolute Gasteiger partial charge is 0.328 e. The van der Waals surface area contributed by atoms with Crippen molar-refractivity contribution in [3.63, 3.8) is 0 Å². The normalized spacial score (nSPS) is 21.8. The van der Waals surface area contributed by atoms with Crippen molar-refractivity contribution in [3.05, 3.63) is 33.2 Å². The van der Waals surface area contributed by atoms with Crippen LogP contribution in [0.15, 0.2) is 27.5 Å². The number of rotatable bonds is 2. The van der Waals surface area contributed by atoms with Crippen molar-refractivity contribution >= 4 is 38.0 Å². The van der Waals surface area contributed by atoms with Crippen LogP contribution in [0.1, 0.15) is 18.9 Å². The first-order valence-corrected chi connectivity index (χ1v) is 7.55. The van der Waals surface area contributed by atoms with Crippen LogP contribution in [0.4, 0.5) is 0 Å². The minimum atomic E-state index is -0.133. The molecule has 1 fully saturated rings. The SMILES string of the molecule is COC1CC(n2c(=O)[nH]c3nnc4ccc(Br)cc4c32)C1. The Balaban J connectivity index is 1.99. The molecule has 3 aromatic rings. The first kappa shape index (κ1) is 13.0. The average molecular weight is 349 g/mol. The summed E-state index contributed by atoms with van der Waals surface area (Å²) in [6.07, 6.45) is 1.93. The van der Waals surface area contributed by atoms with Crippen molar-refractivity contribution < 1.29 is 4.74 Å². The second kappa shape index (κ2) is 4.64. The highest BCUT2D eigenvalue weighted by Gasteiger charge is 2.33. The lowest BCUT2D eigenvalue weighted by Gasteiger charge is -2.34. The second-order valence-electron chi connectivity index (χ2n) is 5.34. The maximum atomic E-state index is 12.3. The maximum Gasteiger partial charge on any atom is 0.328 e. The number of ether oxygens (including phenoxy) is 1. The molecule has 1 saturated carbocycles. The summed E-state index contributed by atoms with van der Waals surface area (Å²) in [6.45, 7) is 0. The Morgan fingerprint density at radius 3 is 2.95 bits per heavy atom. The van der Waals surface area contributed by atoms with E-state index in [1.54, 1.807) is 11.7 Å². The van der Waals surface area contributed by atoms with Crippen LogP contribution < -0.4 is 5.69 Å². The van der Waals surface area contributed by atoms with Gasteiger partial charge in [0.25, 0.3) is 0 Å². The number of halogens is 1. The van der Waals surface area contributed by atoms with Crippen LogP contribution in [-0.2, 0) is 4.74 Å². The van der Waals surface area contributed by atoms with Crippen LogP contribution >= 0.6 is 15.9 Å². The van der Waals surface area contributed by atoms with Gasteiger partial charge >= 0.3 is 5.69 Å². The highest BCUT2D eigenvalue weighted by atomic mass is 79.9. The fourth-order valence-electron chi connectivity index (χ4n) is 2.94. The number of hydrogen-bond donors (Lipinski definition) is 1. The lowest BCUT2D eigenvalue weighted by molar-refractivity contribution is 0.00653. The van der Waals surface area contributed by atoms with Crippen LogP contribution in [0.25, 0.3) is 22.1 Å². The number of nitrogens with one attached hydrogen (secondary N) is 1. The molecule has 2 heterocycles. The summed E-state index contributed by atoms with van der Waals surface area (Å²) < 4.78 is 8.06. The molecule has 6 nitrogen and oxygen atoms in total. The van der Waals surface area contributed by atoms with Gasteiger partial charge in [0.2, 0.25) is 0 Å². The van der Waals surface area contributed by atoms with Crippen molar-refractivity contribution in [1.82, 2.24) is 19.7 Å². The van der Waals surface area contributed by atoms with E-state index in [0.717, 1.165) is 33.7 Å². The Hall–Kier alpha value is -1.73. The topological polar surface area (TPSA) is 72.8 Å². The third-order valence-electron chi connectivity index (χ3n) is 4.15. The molecule has 21 heavy (non-hydrogen) atoms. The molecule has 0 amide bonds. The van der Waals surface area contributed by atoms with E-state index in [-0.39, 0.29) is 17.8 Å². The summed E-state index contributed by atoms with van der Waals surface area (Å²) in [7, 11) is 1.71. The molecule has 1 aromatic carbocycles. The van der Waals surface area contributed by atoms with E-state index in [9.17, 15) is 4.79 Å². The molecule has 7 heteroatoms. The minimum Gasteiger partial charge on any atom is -0.381 e. The Bertz CT molecular complexity index is 895. The molecule has 1 aliphatic carbocycles. The quantitative estimate of drug-likeness (QED) is 0.771. The predicted molar refractivity (Wildman–Crippen MR) is 82.4 cm³/mol. The van der Waals surface area contributed by atoms with Crippen LogP contribution in [0.5, 0.6) is 0 Å². The van der Waals surface area contributed by atoms with Gasteiger partial charge < -0.3 is 4.74 Å². The van der Waals surface area contributed by atoms with Crippen molar-refractivity contribution in [1.29, 1.82) is 0 Å². The maximum absolute atomic E-state index is 12.3. The summed E-state index contributed by atoms with van der Waals surface area (Å²) in [4.78, 5) is 15.1. The fraction of sp³-hybridized carbons (Fsp3) is 0.357. The molecule has 1 aliphatic rings. The Labute approximate surface area is 128 Å².